The largest absolute Gasteiger partial charge is 0.384 e. The first-order chi connectivity index (χ1) is 8.16. The molecule has 0 fully saturated rings. The molecular weight excluding hydrogens is 234 g/mol. The summed E-state index contributed by atoms with van der Waals surface area (Å²) in [5.41, 5.74) is 7.15. The van der Waals surface area contributed by atoms with Crippen molar-refractivity contribution in [3.05, 3.63) is 42.0 Å². The summed E-state index contributed by atoms with van der Waals surface area (Å²) in [7, 11) is 0. The Kier molecular flexibility index (Phi) is 3.34. The zero-order chi connectivity index (χ0) is 12.3. The molecule has 6 heteroatoms. The first-order valence-corrected chi connectivity index (χ1v) is 5.73. The predicted molar refractivity (Wildman–Crippen MR) is 66.1 cm³/mol. The number of amidine groups is 1. The lowest BCUT2D eigenvalue weighted by atomic mass is 10.2. The minimum atomic E-state index is 0.0158. The second-order valence-electron chi connectivity index (χ2n) is 3.43. The second kappa shape index (κ2) is 4.92. The van der Waals surface area contributed by atoms with Crippen molar-refractivity contribution in [2.45, 2.75) is 17.0 Å². The lowest BCUT2D eigenvalue weighted by Crippen LogP contribution is -2.12. The molecule has 2 heterocycles. The summed E-state index contributed by atoms with van der Waals surface area (Å²) >= 11 is 1.35. The Labute approximate surface area is 103 Å². The molecular formula is C11H11N5S. The van der Waals surface area contributed by atoms with Crippen molar-refractivity contribution in [2.24, 2.45) is 5.73 Å². The lowest BCUT2D eigenvalue weighted by Gasteiger charge is -2.05. The molecule has 2 rings (SSSR count). The highest BCUT2D eigenvalue weighted by atomic mass is 32.2. The summed E-state index contributed by atoms with van der Waals surface area (Å²) in [5, 5.41) is 8.09. The van der Waals surface area contributed by atoms with Crippen LogP contribution in [0, 0.1) is 12.3 Å². The average Bonchev–Trinajstić information content (AvgIpc) is 2.32. The predicted octanol–water partition coefficient (Wildman–Crippen LogP) is 1.62. The maximum atomic E-state index is 7.47. The molecule has 5 nitrogen and oxygen atoms in total. The van der Waals surface area contributed by atoms with Crippen LogP contribution in [0.1, 0.15) is 11.1 Å². The average molecular weight is 245 g/mol. The number of hydrogen-bond donors (Lipinski definition) is 2. The van der Waals surface area contributed by atoms with Gasteiger partial charge in [0.05, 0.1) is 0 Å². The minimum absolute atomic E-state index is 0.0158. The van der Waals surface area contributed by atoms with E-state index in [1.165, 1.54) is 11.8 Å². The molecule has 0 aliphatic carbocycles. The van der Waals surface area contributed by atoms with Gasteiger partial charge in [0.15, 0.2) is 5.16 Å². The summed E-state index contributed by atoms with van der Waals surface area (Å²) in [6, 6.07) is 1.71. The molecule has 0 aliphatic rings. The zero-order valence-corrected chi connectivity index (χ0v) is 10.0. The number of pyridine rings is 1. The van der Waals surface area contributed by atoms with Crippen LogP contribution in [0.25, 0.3) is 0 Å². The number of hydrogen-bond acceptors (Lipinski definition) is 5. The van der Waals surface area contributed by atoms with Gasteiger partial charge in [0.2, 0.25) is 0 Å². The Morgan fingerprint density at radius 3 is 2.65 bits per heavy atom. The summed E-state index contributed by atoms with van der Waals surface area (Å²) < 4.78 is 0. The van der Waals surface area contributed by atoms with Crippen LogP contribution in [0.2, 0.25) is 0 Å². The maximum Gasteiger partial charge on any atom is 0.192 e. The molecule has 2 aromatic heterocycles. The molecule has 3 N–H and O–H groups in total. The first kappa shape index (κ1) is 11.5. The molecule has 0 bridgehead atoms. The number of nitrogen functional groups attached to an aromatic ring is 1. The van der Waals surface area contributed by atoms with Crippen LogP contribution in [-0.4, -0.2) is 20.8 Å². The van der Waals surface area contributed by atoms with E-state index in [1.807, 2.05) is 6.92 Å². The molecule has 0 radical (unpaired) electrons. The fourth-order valence-corrected chi connectivity index (χ4v) is 2.02. The van der Waals surface area contributed by atoms with Crippen LogP contribution in [0.4, 0.5) is 0 Å². The molecule has 0 aromatic carbocycles. The Morgan fingerprint density at radius 2 is 2.00 bits per heavy atom. The van der Waals surface area contributed by atoms with Crippen molar-refractivity contribution in [1.82, 2.24) is 15.0 Å². The van der Waals surface area contributed by atoms with E-state index in [0.29, 0.717) is 10.7 Å². The van der Waals surface area contributed by atoms with E-state index in [1.54, 1.807) is 30.9 Å². The second-order valence-corrected chi connectivity index (χ2v) is 4.44. The molecule has 0 saturated carbocycles. The van der Waals surface area contributed by atoms with E-state index in [0.717, 1.165) is 10.5 Å². The van der Waals surface area contributed by atoms with Gasteiger partial charge in [-0.15, -0.1) is 0 Å². The van der Waals surface area contributed by atoms with Gasteiger partial charge in [-0.05, 0) is 30.3 Å². The molecule has 2 aromatic rings. The van der Waals surface area contributed by atoms with E-state index in [-0.39, 0.29) is 5.84 Å². The SMILES string of the molecule is Cc1cnc(Sc2cnccc2C(=N)N)nc1. The Balaban J connectivity index is 2.30. The van der Waals surface area contributed by atoms with Gasteiger partial charge < -0.3 is 5.73 Å². The number of aryl methyl sites for hydroxylation is 1. The Bertz CT molecular complexity index is 538. The highest BCUT2D eigenvalue weighted by Gasteiger charge is 2.08. The molecule has 0 spiro atoms. The van der Waals surface area contributed by atoms with Crippen LogP contribution in [0.15, 0.2) is 40.9 Å². The van der Waals surface area contributed by atoms with Gasteiger partial charge in [0.25, 0.3) is 0 Å². The highest BCUT2D eigenvalue weighted by molar-refractivity contribution is 7.99. The van der Waals surface area contributed by atoms with Crippen molar-refractivity contribution >= 4 is 17.6 Å². The van der Waals surface area contributed by atoms with Gasteiger partial charge in [-0.25, -0.2) is 9.97 Å². The van der Waals surface area contributed by atoms with E-state index in [2.05, 4.69) is 15.0 Å². The maximum absolute atomic E-state index is 7.47. The topological polar surface area (TPSA) is 88.5 Å². The summed E-state index contributed by atoms with van der Waals surface area (Å²) in [6.45, 7) is 1.93. The molecule has 0 saturated heterocycles. The van der Waals surface area contributed by atoms with Crippen LogP contribution in [0.3, 0.4) is 0 Å². The number of nitrogens with two attached hydrogens (primary N) is 1. The quantitative estimate of drug-likeness (QED) is 0.487. The summed E-state index contributed by atoms with van der Waals surface area (Å²) in [4.78, 5) is 13.2. The monoisotopic (exact) mass is 245 g/mol. The van der Waals surface area contributed by atoms with E-state index in [4.69, 9.17) is 11.1 Å². The van der Waals surface area contributed by atoms with Crippen LogP contribution >= 0.6 is 11.8 Å². The normalized spacial score (nSPS) is 10.2. The lowest BCUT2D eigenvalue weighted by molar-refractivity contribution is 0.949. The third kappa shape index (κ3) is 2.79. The minimum Gasteiger partial charge on any atom is -0.384 e. The van der Waals surface area contributed by atoms with Crippen molar-refractivity contribution in [3.63, 3.8) is 0 Å². The Hall–Kier alpha value is -1.95. The van der Waals surface area contributed by atoms with Crippen molar-refractivity contribution in [1.29, 1.82) is 5.41 Å². The summed E-state index contributed by atoms with van der Waals surface area (Å²) in [5.74, 6) is 0.0158. The van der Waals surface area contributed by atoms with Crippen molar-refractivity contribution in [2.75, 3.05) is 0 Å². The standard InChI is InChI=1S/C11H11N5S/c1-7-4-15-11(16-5-7)17-9-6-14-3-2-8(9)10(12)13/h2-6H,1H3,(H3,12,13). The van der Waals surface area contributed by atoms with Gasteiger partial charge >= 0.3 is 0 Å². The molecule has 0 aliphatic heterocycles. The van der Waals surface area contributed by atoms with Crippen molar-refractivity contribution < 1.29 is 0 Å². The number of nitrogens with one attached hydrogen (secondary N) is 1. The molecule has 0 atom stereocenters. The van der Waals surface area contributed by atoms with Gasteiger partial charge in [0.1, 0.15) is 5.84 Å². The Morgan fingerprint density at radius 1 is 1.29 bits per heavy atom. The van der Waals surface area contributed by atoms with Crippen LogP contribution in [0.5, 0.6) is 0 Å². The zero-order valence-electron chi connectivity index (χ0n) is 9.21. The molecule has 86 valence electrons. The van der Waals surface area contributed by atoms with E-state index >= 15 is 0 Å². The molecule has 0 amide bonds. The fraction of sp³-hybridized carbons (Fsp3) is 0.0909. The van der Waals surface area contributed by atoms with E-state index in [9.17, 15) is 0 Å². The highest BCUT2D eigenvalue weighted by Crippen LogP contribution is 2.26. The van der Waals surface area contributed by atoms with Gasteiger partial charge in [-0.2, -0.15) is 0 Å². The molecule has 0 unspecified atom stereocenters. The summed E-state index contributed by atoms with van der Waals surface area (Å²) in [6.07, 6.45) is 6.76. The first-order valence-electron chi connectivity index (χ1n) is 4.91. The third-order valence-electron chi connectivity index (χ3n) is 2.03. The smallest absolute Gasteiger partial charge is 0.192 e. The fourth-order valence-electron chi connectivity index (χ4n) is 1.22. The van der Waals surface area contributed by atoms with Crippen LogP contribution < -0.4 is 5.73 Å². The van der Waals surface area contributed by atoms with Gasteiger partial charge in [0, 0.05) is 35.2 Å². The van der Waals surface area contributed by atoms with Crippen LogP contribution in [-0.2, 0) is 0 Å². The number of rotatable bonds is 3. The van der Waals surface area contributed by atoms with Crippen molar-refractivity contribution in [3.8, 4) is 0 Å². The number of nitrogens with zero attached hydrogens (tertiary/aromatic N) is 3. The number of aromatic nitrogens is 3. The molecule has 17 heavy (non-hydrogen) atoms. The van der Waals surface area contributed by atoms with E-state index < -0.39 is 0 Å². The van der Waals surface area contributed by atoms with Gasteiger partial charge in [-0.3, -0.25) is 10.4 Å². The third-order valence-corrected chi connectivity index (χ3v) is 2.97. The van der Waals surface area contributed by atoms with Gasteiger partial charge in [-0.1, -0.05) is 0 Å².